The van der Waals surface area contributed by atoms with E-state index in [9.17, 15) is 9.59 Å². The minimum Gasteiger partial charge on any atom is -0.454 e. The fourth-order valence-corrected chi connectivity index (χ4v) is 3.35. The topological polar surface area (TPSA) is 80.2 Å². The average molecular weight is 377 g/mol. The number of allylic oxidation sites excluding steroid dienone is 1. The Kier molecular flexibility index (Phi) is 5.70. The molecule has 0 aromatic carbocycles. The van der Waals surface area contributed by atoms with E-state index in [0.717, 1.165) is 19.3 Å². The monoisotopic (exact) mass is 377 g/mol. The molecule has 2 aliphatic heterocycles. The van der Waals surface area contributed by atoms with Gasteiger partial charge in [-0.25, -0.2) is 4.99 Å². The van der Waals surface area contributed by atoms with Crippen molar-refractivity contribution in [2.24, 2.45) is 10.9 Å². The highest BCUT2D eigenvalue weighted by atomic mass is 32.1. The molecule has 3 aliphatic rings. The molecule has 1 fully saturated rings. The van der Waals surface area contributed by atoms with Gasteiger partial charge in [0.25, 0.3) is 0 Å². The van der Waals surface area contributed by atoms with Crippen molar-refractivity contribution in [2.75, 3.05) is 13.3 Å². The summed E-state index contributed by atoms with van der Waals surface area (Å²) in [5, 5.41) is 3.15. The number of carbonyl (C=O) groups is 2. The van der Waals surface area contributed by atoms with E-state index in [4.69, 9.17) is 21.7 Å². The van der Waals surface area contributed by atoms with Gasteiger partial charge in [0.05, 0.1) is 5.71 Å². The number of fused-ring (bicyclic) bond motifs is 2. The van der Waals surface area contributed by atoms with Crippen molar-refractivity contribution in [3.8, 4) is 0 Å². The Morgan fingerprint density at radius 3 is 2.88 bits per heavy atom. The average Bonchev–Trinajstić information content (AvgIpc) is 3.02. The summed E-state index contributed by atoms with van der Waals surface area (Å²) < 4.78 is 10.7. The molecule has 2 amide bonds. The van der Waals surface area contributed by atoms with Crippen LogP contribution >= 0.6 is 12.2 Å². The number of thiocarbonyl (C=S) groups is 1. The van der Waals surface area contributed by atoms with Crippen LogP contribution < -0.4 is 5.32 Å². The summed E-state index contributed by atoms with van der Waals surface area (Å²) in [6.45, 7) is 4.55. The van der Waals surface area contributed by atoms with Gasteiger partial charge in [-0.1, -0.05) is 6.42 Å². The first-order valence-electron chi connectivity index (χ1n) is 8.88. The van der Waals surface area contributed by atoms with Gasteiger partial charge in [-0.05, 0) is 45.0 Å². The van der Waals surface area contributed by atoms with Crippen LogP contribution in [0.3, 0.4) is 0 Å². The first-order valence-corrected chi connectivity index (χ1v) is 9.29. The van der Waals surface area contributed by atoms with E-state index in [1.54, 1.807) is 17.1 Å². The molecule has 0 saturated carbocycles. The first-order chi connectivity index (χ1) is 12.5. The molecule has 1 aliphatic carbocycles. The summed E-state index contributed by atoms with van der Waals surface area (Å²) in [5.74, 6) is 0.693. The zero-order valence-electron chi connectivity index (χ0n) is 15.0. The lowest BCUT2D eigenvalue weighted by molar-refractivity contribution is -0.128. The zero-order chi connectivity index (χ0) is 18.7. The number of hydrogen-bond donors (Lipinski definition) is 1. The molecule has 0 radical (unpaired) electrons. The number of nitrogens with one attached hydrogen (secondary N) is 1. The lowest BCUT2D eigenvalue weighted by Crippen LogP contribution is -2.46. The van der Waals surface area contributed by atoms with E-state index >= 15 is 0 Å². The van der Waals surface area contributed by atoms with Crippen molar-refractivity contribution in [3.63, 3.8) is 0 Å². The predicted octanol–water partition coefficient (Wildman–Crippen LogP) is 2.04. The van der Waals surface area contributed by atoms with Crippen LogP contribution in [0.25, 0.3) is 0 Å². The van der Waals surface area contributed by atoms with Gasteiger partial charge in [0.15, 0.2) is 11.5 Å². The quantitative estimate of drug-likeness (QED) is 0.542. The number of carbonyl (C=O) groups excluding carboxylic acids is 2. The maximum atomic E-state index is 12.8. The van der Waals surface area contributed by atoms with Crippen molar-refractivity contribution < 1.29 is 19.1 Å². The van der Waals surface area contributed by atoms with Gasteiger partial charge in [-0.2, -0.15) is 0 Å². The first kappa shape index (κ1) is 18.6. The Hall–Kier alpha value is -2.22. The molecule has 8 heteroatoms. The molecule has 7 nitrogen and oxygen atoms in total. The number of nitrogens with zero attached hydrogens (tertiary/aromatic N) is 2. The third-order valence-electron chi connectivity index (χ3n) is 4.31. The number of unbranched alkanes of at least 4 members (excludes halogenated alkanes) is 2. The number of hydrogen-bond acceptors (Lipinski definition) is 5. The van der Waals surface area contributed by atoms with Crippen molar-refractivity contribution in [1.82, 2.24) is 10.2 Å². The van der Waals surface area contributed by atoms with Crippen LogP contribution in [0.1, 0.15) is 39.5 Å². The second-order valence-corrected chi connectivity index (χ2v) is 7.13. The van der Waals surface area contributed by atoms with E-state index in [0.29, 0.717) is 30.2 Å². The van der Waals surface area contributed by atoms with Gasteiger partial charge in [0.1, 0.15) is 5.92 Å². The van der Waals surface area contributed by atoms with Gasteiger partial charge < -0.3 is 14.8 Å². The van der Waals surface area contributed by atoms with Gasteiger partial charge in [0.2, 0.25) is 23.7 Å². The van der Waals surface area contributed by atoms with Crippen LogP contribution in [0, 0.1) is 5.92 Å². The van der Waals surface area contributed by atoms with Crippen molar-refractivity contribution in [3.05, 3.63) is 23.7 Å². The van der Waals surface area contributed by atoms with Gasteiger partial charge in [0, 0.05) is 25.1 Å². The van der Waals surface area contributed by atoms with Gasteiger partial charge in [-0.15, -0.1) is 0 Å². The van der Waals surface area contributed by atoms with Crippen LogP contribution in [-0.4, -0.2) is 46.9 Å². The van der Waals surface area contributed by atoms with Crippen LogP contribution in [-0.2, 0) is 19.1 Å². The van der Waals surface area contributed by atoms with Crippen LogP contribution in [0.15, 0.2) is 28.7 Å². The minimum absolute atomic E-state index is 0.0639. The fraction of sp³-hybridized carbons (Fsp3) is 0.556. The summed E-state index contributed by atoms with van der Waals surface area (Å²) in [6.07, 6.45) is 6.37. The molecule has 0 bridgehead atoms. The summed E-state index contributed by atoms with van der Waals surface area (Å²) >= 11 is 5.29. The molecular formula is C18H23N3O4S. The second-order valence-electron chi connectivity index (χ2n) is 6.77. The highest BCUT2D eigenvalue weighted by molar-refractivity contribution is 7.80. The molecule has 1 atom stereocenters. The third-order valence-corrected chi connectivity index (χ3v) is 4.62. The maximum Gasteiger partial charge on any atom is 0.241 e. The number of aliphatic imine (C=N–C) groups is 1. The highest BCUT2D eigenvalue weighted by Crippen LogP contribution is 2.31. The molecule has 140 valence electrons. The Morgan fingerprint density at radius 1 is 1.35 bits per heavy atom. The largest absolute Gasteiger partial charge is 0.454 e. The van der Waals surface area contributed by atoms with E-state index in [-0.39, 0.29) is 29.8 Å². The van der Waals surface area contributed by atoms with Crippen molar-refractivity contribution in [2.45, 2.75) is 45.6 Å². The van der Waals surface area contributed by atoms with Crippen molar-refractivity contribution in [1.29, 1.82) is 0 Å². The zero-order valence-corrected chi connectivity index (χ0v) is 15.8. The smallest absolute Gasteiger partial charge is 0.241 e. The van der Waals surface area contributed by atoms with E-state index < -0.39 is 5.92 Å². The van der Waals surface area contributed by atoms with E-state index in [1.165, 1.54) is 0 Å². The molecule has 2 heterocycles. The van der Waals surface area contributed by atoms with Gasteiger partial charge in [-0.3, -0.25) is 14.5 Å². The molecule has 3 rings (SSSR count). The molecule has 1 saturated heterocycles. The molecular weight excluding hydrogens is 354 g/mol. The summed E-state index contributed by atoms with van der Waals surface area (Å²) in [4.78, 5) is 30.3. The Morgan fingerprint density at radius 2 is 2.12 bits per heavy atom. The normalized spacial score (nSPS) is 21.3. The van der Waals surface area contributed by atoms with Crippen molar-refractivity contribution >= 4 is 34.9 Å². The predicted molar refractivity (Wildman–Crippen MR) is 100 cm³/mol. The molecule has 0 spiro atoms. The van der Waals surface area contributed by atoms with Crippen LogP contribution in [0.4, 0.5) is 0 Å². The number of ether oxygens (including phenoxy) is 2. The number of rotatable bonds is 7. The molecule has 1 unspecified atom stereocenters. The van der Waals surface area contributed by atoms with Gasteiger partial charge >= 0.3 is 0 Å². The summed E-state index contributed by atoms with van der Waals surface area (Å²) in [6, 6.07) is 0.159. The third kappa shape index (κ3) is 4.12. The second kappa shape index (κ2) is 7.99. The molecule has 1 N–H and O–H groups in total. The lowest BCUT2D eigenvalue weighted by atomic mass is 9.93. The van der Waals surface area contributed by atoms with Crippen LogP contribution in [0.5, 0.6) is 0 Å². The maximum absolute atomic E-state index is 12.8. The number of amides is 2. The summed E-state index contributed by atoms with van der Waals surface area (Å²) in [5.41, 5.74) is 0.603. The minimum atomic E-state index is -0.473. The lowest BCUT2D eigenvalue weighted by Gasteiger charge is -2.30. The standard InChI is InChI=1S/C18H23N3O4S/c1-11(2)19-16(22)6-4-3-5-7-21-17(23)12-8-14-15(25-10-24-14)9-13(12)20-18(21)26/h8-9,11-12H,3-7,10H2,1-2H3,(H,19,22). The molecule has 0 aromatic heterocycles. The SMILES string of the molecule is CC(C)NC(=O)CCCCCN1C(=O)C2C=C3OCOC3=CC2=NC1=S. The Bertz CT molecular complexity index is 711. The van der Waals surface area contributed by atoms with E-state index in [1.807, 2.05) is 13.8 Å². The summed E-state index contributed by atoms with van der Waals surface area (Å²) in [7, 11) is 0. The Labute approximate surface area is 158 Å². The highest BCUT2D eigenvalue weighted by Gasteiger charge is 2.38. The fourth-order valence-electron chi connectivity index (χ4n) is 3.07. The van der Waals surface area contributed by atoms with E-state index in [2.05, 4.69) is 10.3 Å². The molecule has 0 aromatic rings. The Balaban J connectivity index is 1.51. The van der Waals surface area contributed by atoms with Crippen LogP contribution in [0.2, 0.25) is 0 Å². The molecule has 26 heavy (non-hydrogen) atoms.